The van der Waals surface area contributed by atoms with Crippen LogP contribution in [0.4, 0.5) is 5.69 Å². The topological polar surface area (TPSA) is 49.8 Å². The Morgan fingerprint density at radius 3 is 2.67 bits per heavy atom. The van der Waals surface area contributed by atoms with E-state index in [-0.39, 0.29) is 5.92 Å². The predicted molar refractivity (Wildman–Crippen MR) is 75.4 cm³/mol. The molecule has 100 valence electrons. The number of rotatable bonds is 6. The van der Waals surface area contributed by atoms with Crippen LogP contribution in [0.25, 0.3) is 0 Å². The van der Waals surface area contributed by atoms with E-state index in [0.29, 0.717) is 13.0 Å². The van der Waals surface area contributed by atoms with Crippen LogP contribution >= 0.6 is 15.9 Å². The van der Waals surface area contributed by atoms with Gasteiger partial charge in [0.2, 0.25) is 0 Å². The maximum absolute atomic E-state index is 11.0. The zero-order valence-corrected chi connectivity index (χ0v) is 12.4. The highest BCUT2D eigenvalue weighted by Crippen LogP contribution is 2.29. The Hall–Kier alpha value is -1.23. The van der Waals surface area contributed by atoms with Gasteiger partial charge in [-0.25, -0.2) is 0 Å². The van der Waals surface area contributed by atoms with Gasteiger partial charge in [-0.05, 0) is 40.5 Å². The first kappa shape index (κ1) is 14.8. The molecular formula is C13H18BrNO3. The van der Waals surface area contributed by atoms with Crippen molar-refractivity contribution in [3.63, 3.8) is 0 Å². The lowest BCUT2D eigenvalue weighted by Crippen LogP contribution is -2.29. The molecule has 1 atom stereocenters. The third-order valence-electron chi connectivity index (χ3n) is 2.91. The lowest BCUT2D eigenvalue weighted by Gasteiger charge is -2.23. The number of carbonyl (C=O) groups is 1. The van der Waals surface area contributed by atoms with E-state index < -0.39 is 5.97 Å². The number of halogens is 1. The molecule has 0 spiro atoms. The molecule has 0 aromatic heterocycles. The first-order valence-electron chi connectivity index (χ1n) is 5.77. The van der Waals surface area contributed by atoms with Crippen molar-refractivity contribution in [2.24, 2.45) is 5.92 Å². The summed E-state index contributed by atoms with van der Waals surface area (Å²) in [6.45, 7) is 2.38. The molecule has 0 saturated carbocycles. The molecule has 1 rings (SSSR count). The lowest BCUT2D eigenvalue weighted by atomic mass is 10.1. The first-order valence-corrected chi connectivity index (χ1v) is 6.56. The lowest BCUT2D eigenvalue weighted by molar-refractivity contribution is -0.141. The Kier molecular flexibility index (Phi) is 5.47. The third kappa shape index (κ3) is 3.63. The van der Waals surface area contributed by atoms with Gasteiger partial charge in [0.25, 0.3) is 0 Å². The van der Waals surface area contributed by atoms with E-state index in [1.54, 1.807) is 7.11 Å². The van der Waals surface area contributed by atoms with E-state index in [1.165, 1.54) is 0 Å². The number of hydrogen-bond acceptors (Lipinski definition) is 3. The van der Waals surface area contributed by atoms with Crippen LogP contribution < -0.4 is 9.64 Å². The molecule has 0 aliphatic carbocycles. The number of ether oxygens (including phenoxy) is 1. The molecule has 0 aliphatic rings. The molecule has 0 radical (unpaired) electrons. The van der Waals surface area contributed by atoms with Crippen LogP contribution in [0.1, 0.15) is 13.3 Å². The van der Waals surface area contributed by atoms with Crippen molar-refractivity contribution in [2.75, 3.05) is 25.6 Å². The summed E-state index contributed by atoms with van der Waals surface area (Å²) in [7, 11) is 3.50. The van der Waals surface area contributed by atoms with Crippen LogP contribution in [0.2, 0.25) is 0 Å². The van der Waals surface area contributed by atoms with Gasteiger partial charge in [-0.15, -0.1) is 0 Å². The Morgan fingerprint density at radius 1 is 1.56 bits per heavy atom. The molecule has 1 aromatic rings. The smallest absolute Gasteiger partial charge is 0.308 e. The van der Waals surface area contributed by atoms with Crippen LogP contribution in [-0.2, 0) is 4.79 Å². The number of nitrogens with zero attached hydrogens (tertiary/aromatic N) is 1. The maximum Gasteiger partial charge on any atom is 0.308 e. The number of aliphatic carboxylic acids is 1. The second-order valence-electron chi connectivity index (χ2n) is 4.14. The standard InChI is InChI=1S/C13H18BrNO3/c1-4-9(13(16)17)8-15(2)10-5-6-12(18-3)11(14)7-10/h5-7,9H,4,8H2,1-3H3,(H,16,17). The highest BCUT2D eigenvalue weighted by Gasteiger charge is 2.17. The molecule has 1 N–H and O–H groups in total. The van der Waals surface area contributed by atoms with Crippen molar-refractivity contribution in [1.82, 2.24) is 0 Å². The summed E-state index contributed by atoms with van der Waals surface area (Å²) < 4.78 is 6.02. The zero-order valence-electron chi connectivity index (χ0n) is 10.8. The quantitative estimate of drug-likeness (QED) is 0.876. The molecule has 1 unspecified atom stereocenters. The Morgan fingerprint density at radius 2 is 2.22 bits per heavy atom. The van der Waals surface area contributed by atoms with Crippen molar-refractivity contribution >= 4 is 27.6 Å². The molecule has 0 saturated heterocycles. The van der Waals surface area contributed by atoms with E-state index in [0.717, 1.165) is 15.9 Å². The molecule has 4 nitrogen and oxygen atoms in total. The molecule has 18 heavy (non-hydrogen) atoms. The summed E-state index contributed by atoms with van der Waals surface area (Å²) in [5, 5.41) is 9.05. The van der Waals surface area contributed by atoms with Crippen molar-refractivity contribution in [1.29, 1.82) is 0 Å². The monoisotopic (exact) mass is 315 g/mol. The van der Waals surface area contributed by atoms with Gasteiger partial charge in [0.05, 0.1) is 17.5 Å². The number of benzene rings is 1. The SMILES string of the molecule is CCC(CN(C)c1ccc(OC)c(Br)c1)C(=O)O. The minimum Gasteiger partial charge on any atom is -0.496 e. The minimum absolute atomic E-state index is 0.351. The van der Waals surface area contributed by atoms with Gasteiger partial charge in [-0.2, -0.15) is 0 Å². The molecule has 1 aromatic carbocycles. The van der Waals surface area contributed by atoms with E-state index in [1.807, 2.05) is 37.1 Å². The maximum atomic E-state index is 11.0. The van der Waals surface area contributed by atoms with Crippen molar-refractivity contribution in [2.45, 2.75) is 13.3 Å². The van der Waals surface area contributed by atoms with Crippen LogP contribution in [0.3, 0.4) is 0 Å². The minimum atomic E-state index is -0.753. The fraction of sp³-hybridized carbons (Fsp3) is 0.462. The van der Waals surface area contributed by atoms with Gasteiger partial charge in [-0.1, -0.05) is 6.92 Å². The van der Waals surface area contributed by atoms with Crippen molar-refractivity contribution < 1.29 is 14.6 Å². The zero-order chi connectivity index (χ0) is 13.7. The van der Waals surface area contributed by atoms with E-state index in [4.69, 9.17) is 9.84 Å². The average molecular weight is 316 g/mol. The van der Waals surface area contributed by atoms with Gasteiger partial charge in [-0.3, -0.25) is 4.79 Å². The summed E-state index contributed by atoms with van der Waals surface area (Å²) in [5.41, 5.74) is 0.961. The average Bonchev–Trinajstić information content (AvgIpc) is 2.35. The Balaban J connectivity index is 2.81. The van der Waals surface area contributed by atoms with Crippen LogP contribution in [0.5, 0.6) is 5.75 Å². The van der Waals surface area contributed by atoms with Gasteiger partial charge in [0.15, 0.2) is 0 Å². The third-order valence-corrected chi connectivity index (χ3v) is 3.53. The molecule has 0 fully saturated rings. The summed E-state index contributed by atoms with van der Waals surface area (Å²) >= 11 is 3.42. The van der Waals surface area contributed by atoms with Gasteiger partial charge >= 0.3 is 5.97 Å². The van der Waals surface area contributed by atoms with Crippen molar-refractivity contribution in [3.8, 4) is 5.75 Å². The Bertz CT molecular complexity index is 423. The second-order valence-corrected chi connectivity index (χ2v) is 5.00. The summed E-state index contributed by atoms with van der Waals surface area (Å²) in [6.07, 6.45) is 0.622. The van der Waals surface area contributed by atoms with E-state index >= 15 is 0 Å². The molecular weight excluding hydrogens is 298 g/mol. The second kappa shape index (κ2) is 6.64. The number of carboxylic acid groups (broad SMARTS) is 1. The van der Waals surface area contributed by atoms with Crippen LogP contribution in [-0.4, -0.2) is 31.8 Å². The molecule has 0 bridgehead atoms. The van der Waals surface area contributed by atoms with Crippen molar-refractivity contribution in [3.05, 3.63) is 22.7 Å². The van der Waals surface area contributed by atoms with Crippen LogP contribution in [0, 0.1) is 5.92 Å². The molecule has 0 aliphatic heterocycles. The van der Waals surface area contributed by atoms with Gasteiger partial charge in [0, 0.05) is 19.3 Å². The normalized spacial score (nSPS) is 12.0. The molecule has 0 amide bonds. The summed E-state index contributed by atoms with van der Waals surface area (Å²) in [4.78, 5) is 12.9. The number of carboxylic acids is 1. The molecule has 0 heterocycles. The fourth-order valence-electron chi connectivity index (χ4n) is 1.71. The van der Waals surface area contributed by atoms with Gasteiger partial charge < -0.3 is 14.7 Å². The number of anilines is 1. The fourth-order valence-corrected chi connectivity index (χ4v) is 2.24. The van der Waals surface area contributed by atoms with E-state index in [9.17, 15) is 4.79 Å². The van der Waals surface area contributed by atoms with Crippen LogP contribution in [0.15, 0.2) is 22.7 Å². The highest BCUT2D eigenvalue weighted by atomic mass is 79.9. The summed E-state index contributed by atoms with van der Waals surface area (Å²) in [5.74, 6) is -0.342. The van der Waals surface area contributed by atoms with Gasteiger partial charge in [0.1, 0.15) is 5.75 Å². The van der Waals surface area contributed by atoms with E-state index in [2.05, 4.69) is 15.9 Å². The number of methoxy groups -OCH3 is 1. The largest absolute Gasteiger partial charge is 0.496 e. The summed E-state index contributed by atoms with van der Waals surface area (Å²) in [6, 6.07) is 5.70. The highest BCUT2D eigenvalue weighted by molar-refractivity contribution is 9.10. The molecule has 5 heteroatoms. The number of hydrogen-bond donors (Lipinski definition) is 1. The predicted octanol–water partition coefficient (Wildman–Crippen LogP) is 3.00. The Labute approximate surface area is 116 Å². The first-order chi connectivity index (χ1) is 8.49.